The van der Waals surface area contributed by atoms with Gasteiger partial charge in [0.15, 0.2) is 0 Å². The number of thiophene rings is 1. The minimum absolute atomic E-state index is 0. The van der Waals surface area contributed by atoms with Crippen LogP contribution in [0, 0.1) is 5.92 Å². The summed E-state index contributed by atoms with van der Waals surface area (Å²) < 4.78 is 0. The molecule has 0 spiro atoms. The highest BCUT2D eigenvalue weighted by atomic mass is 35.5. The molecule has 1 atom stereocenters. The number of carbonyl (C=O) groups excluding carboxylic acids is 1. The van der Waals surface area contributed by atoms with Gasteiger partial charge >= 0.3 is 0 Å². The number of rotatable bonds is 5. The molecule has 4 aromatic heterocycles. The van der Waals surface area contributed by atoms with Gasteiger partial charge in [0.2, 0.25) is 5.91 Å². The highest BCUT2D eigenvalue weighted by Gasteiger charge is 2.29. The molecule has 0 saturated carbocycles. The predicted octanol–water partition coefficient (Wildman–Crippen LogP) is 4.55. The van der Waals surface area contributed by atoms with Crippen LogP contribution >= 0.6 is 23.7 Å². The summed E-state index contributed by atoms with van der Waals surface area (Å²) >= 11 is 1.67. The summed E-state index contributed by atoms with van der Waals surface area (Å²) in [6, 6.07) is 9.91. The van der Waals surface area contributed by atoms with Crippen LogP contribution in [0.25, 0.3) is 21.1 Å². The molecule has 1 aromatic carbocycles. The molecule has 4 heterocycles. The standard InChI is InChI=1S/C24H21N7OS.ClH/c32-23(26-11-14-2-1-7-25-10-14)15-3-5-18-20(9-15)33-24-21(18)22(27-13-28-24)30-17-4-6-19-16(8-17)12-29-31-19;/h1-2,4,6-8,10,12-13,15H,3,5,9,11H2,(H,26,32)(H,29,31)(H,27,28,30);1H. The molecule has 6 rings (SSSR count). The van der Waals surface area contributed by atoms with E-state index in [1.807, 2.05) is 36.5 Å². The fourth-order valence-electron chi connectivity index (χ4n) is 4.42. The molecule has 0 aliphatic heterocycles. The quantitative estimate of drug-likeness (QED) is 0.333. The Morgan fingerprint density at radius 1 is 1.21 bits per heavy atom. The molecule has 1 aliphatic carbocycles. The molecule has 0 radical (unpaired) electrons. The number of aromatic amines is 1. The number of nitrogens with zero attached hydrogens (tertiary/aromatic N) is 4. The van der Waals surface area contributed by atoms with Crippen molar-refractivity contribution < 1.29 is 4.79 Å². The van der Waals surface area contributed by atoms with Crippen LogP contribution in [0.2, 0.25) is 0 Å². The second kappa shape index (κ2) is 9.36. The minimum Gasteiger partial charge on any atom is -0.352 e. The van der Waals surface area contributed by atoms with Gasteiger partial charge in [0.25, 0.3) is 0 Å². The molecular weight excluding hydrogens is 470 g/mol. The van der Waals surface area contributed by atoms with E-state index in [0.29, 0.717) is 6.54 Å². The Bertz CT molecular complexity index is 1470. The average Bonchev–Trinajstić information content (AvgIpc) is 3.47. The van der Waals surface area contributed by atoms with Gasteiger partial charge in [-0.2, -0.15) is 5.10 Å². The molecule has 8 nitrogen and oxygen atoms in total. The van der Waals surface area contributed by atoms with E-state index >= 15 is 0 Å². The van der Waals surface area contributed by atoms with Crippen molar-refractivity contribution in [1.29, 1.82) is 0 Å². The van der Waals surface area contributed by atoms with Gasteiger partial charge in [0.05, 0.1) is 17.1 Å². The number of amides is 1. The van der Waals surface area contributed by atoms with Gasteiger partial charge in [0, 0.05) is 40.8 Å². The zero-order valence-corrected chi connectivity index (χ0v) is 19.7. The van der Waals surface area contributed by atoms with Gasteiger partial charge in [-0.25, -0.2) is 9.97 Å². The van der Waals surface area contributed by atoms with Crippen LogP contribution < -0.4 is 10.6 Å². The van der Waals surface area contributed by atoms with Crippen molar-refractivity contribution >= 4 is 62.3 Å². The number of halogens is 1. The first-order valence-electron chi connectivity index (χ1n) is 10.9. The molecule has 0 fully saturated rings. The summed E-state index contributed by atoms with van der Waals surface area (Å²) in [5.41, 5.74) is 4.21. The number of benzene rings is 1. The molecule has 34 heavy (non-hydrogen) atoms. The van der Waals surface area contributed by atoms with E-state index < -0.39 is 0 Å². The second-order valence-electron chi connectivity index (χ2n) is 8.22. The Labute approximate surface area is 205 Å². The molecule has 1 unspecified atom stereocenters. The van der Waals surface area contributed by atoms with Crippen molar-refractivity contribution in [2.24, 2.45) is 5.92 Å². The lowest BCUT2D eigenvalue weighted by atomic mass is 9.87. The van der Waals surface area contributed by atoms with E-state index in [-0.39, 0.29) is 24.2 Å². The van der Waals surface area contributed by atoms with Gasteiger partial charge in [-0.3, -0.25) is 14.9 Å². The summed E-state index contributed by atoms with van der Waals surface area (Å²) in [4.78, 5) is 28.2. The van der Waals surface area contributed by atoms with Crippen LogP contribution in [-0.4, -0.2) is 31.1 Å². The zero-order chi connectivity index (χ0) is 22.2. The van der Waals surface area contributed by atoms with Gasteiger partial charge in [0.1, 0.15) is 17.0 Å². The zero-order valence-electron chi connectivity index (χ0n) is 18.1. The number of H-pyrrole nitrogens is 1. The van der Waals surface area contributed by atoms with Crippen molar-refractivity contribution in [1.82, 2.24) is 30.5 Å². The fourth-order valence-corrected chi connectivity index (χ4v) is 5.69. The lowest BCUT2D eigenvalue weighted by molar-refractivity contribution is -0.125. The third-order valence-electron chi connectivity index (χ3n) is 6.11. The Morgan fingerprint density at radius 3 is 3.03 bits per heavy atom. The van der Waals surface area contributed by atoms with Gasteiger partial charge < -0.3 is 10.6 Å². The highest BCUT2D eigenvalue weighted by Crippen LogP contribution is 2.40. The second-order valence-corrected chi connectivity index (χ2v) is 9.31. The molecule has 172 valence electrons. The number of aryl methyl sites for hydroxylation is 1. The third-order valence-corrected chi connectivity index (χ3v) is 7.27. The van der Waals surface area contributed by atoms with Crippen LogP contribution in [-0.2, 0) is 24.2 Å². The van der Waals surface area contributed by atoms with E-state index in [0.717, 1.165) is 57.5 Å². The maximum Gasteiger partial charge on any atom is 0.223 e. The number of hydrogen-bond acceptors (Lipinski definition) is 7. The monoisotopic (exact) mass is 491 g/mol. The molecule has 3 N–H and O–H groups in total. The lowest BCUT2D eigenvalue weighted by Gasteiger charge is -2.22. The van der Waals surface area contributed by atoms with Gasteiger partial charge in [-0.1, -0.05) is 6.07 Å². The summed E-state index contributed by atoms with van der Waals surface area (Å²) in [6.45, 7) is 0.503. The van der Waals surface area contributed by atoms with Crippen molar-refractivity contribution in [3.05, 3.63) is 71.3 Å². The molecular formula is C24H22ClN7OS. The molecule has 0 bridgehead atoms. The summed E-state index contributed by atoms with van der Waals surface area (Å²) in [5, 5.41) is 15.7. The number of aromatic nitrogens is 5. The molecule has 0 saturated heterocycles. The molecule has 5 aromatic rings. The predicted molar refractivity (Wildman–Crippen MR) is 136 cm³/mol. The summed E-state index contributed by atoms with van der Waals surface area (Å²) in [5.74, 6) is 0.870. The highest BCUT2D eigenvalue weighted by molar-refractivity contribution is 7.19. The van der Waals surface area contributed by atoms with Crippen molar-refractivity contribution in [3.8, 4) is 0 Å². The first-order valence-corrected chi connectivity index (χ1v) is 11.7. The summed E-state index contributed by atoms with van der Waals surface area (Å²) in [6.07, 6.45) is 9.30. The summed E-state index contributed by atoms with van der Waals surface area (Å²) in [7, 11) is 0. The van der Waals surface area contributed by atoms with Crippen molar-refractivity contribution in [3.63, 3.8) is 0 Å². The van der Waals surface area contributed by atoms with Crippen LogP contribution in [0.5, 0.6) is 0 Å². The molecule has 10 heteroatoms. The number of anilines is 2. The first kappa shape index (κ1) is 22.2. The topological polar surface area (TPSA) is 108 Å². The Balaban J connectivity index is 0.00000241. The molecule has 1 amide bonds. The van der Waals surface area contributed by atoms with Crippen molar-refractivity contribution in [2.45, 2.75) is 25.8 Å². The Morgan fingerprint density at radius 2 is 2.15 bits per heavy atom. The van der Waals surface area contributed by atoms with E-state index in [2.05, 4.69) is 35.8 Å². The van der Waals surface area contributed by atoms with Crippen LogP contribution in [0.3, 0.4) is 0 Å². The van der Waals surface area contributed by atoms with Crippen LogP contribution in [0.1, 0.15) is 22.4 Å². The van der Waals surface area contributed by atoms with Crippen LogP contribution in [0.15, 0.2) is 55.2 Å². The fraction of sp³-hybridized carbons (Fsp3) is 0.208. The number of carbonyl (C=O) groups is 1. The number of nitrogens with one attached hydrogen (secondary N) is 3. The Kier molecular flexibility index (Phi) is 6.12. The first-order chi connectivity index (χ1) is 16.2. The maximum absolute atomic E-state index is 12.8. The van der Waals surface area contributed by atoms with E-state index in [1.54, 1.807) is 30.1 Å². The van der Waals surface area contributed by atoms with Crippen LogP contribution in [0.4, 0.5) is 11.5 Å². The molecule has 1 aliphatic rings. The third kappa shape index (κ3) is 4.20. The SMILES string of the molecule is Cl.O=C(NCc1cccnc1)C1CCc2c(sc3ncnc(Nc4ccc5[nH]ncc5c4)c23)C1. The van der Waals surface area contributed by atoms with E-state index in [1.165, 1.54) is 10.4 Å². The maximum atomic E-state index is 12.8. The largest absolute Gasteiger partial charge is 0.352 e. The smallest absolute Gasteiger partial charge is 0.223 e. The number of pyridine rings is 1. The normalized spacial score (nSPS) is 15.0. The minimum atomic E-state index is -0.0323. The average molecular weight is 492 g/mol. The Hall–Kier alpha value is -3.56. The van der Waals surface area contributed by atoms with E-state index in [4.69, 9.17) is 0 Å². The van der Waals surface area contributed by atoms with E-state index in [9.17, 15) is 4.79 Å². The van der Waals surface area contributed by atoms with Gasteiger partial charge in [-0.15, -0.1) is 23.7 Å². The lowest BCUT2D eigenvalue weighted by Crippen LogP contribution is -2.33. The number of hydrogen-bond donors (Lipinski definition) is 3. The van der Waals surface area contributed by atoms with Crippen molar-refractivity contribution in [2.75, 3.05) is 5.32 Å². The van der Waals surface area contributed by atoms with Gasteiger partial charge in [-0.05, 0) is 54.7 Å². The number of fused-ring (bicyclic) bond motifs is 4.